The second kappa shape index (κ2) is 3.09. The first kappa shape index (κ1) is 8.48. The summed E-state index contributed by atoms with van der Waals surface area (Å²) in [6.45, 7) is 0. The van der Waals surface area contributed by atoms with Crippen molar-refractivity contribution in [3.63, 3.8) is 0 Å². The van der Waals surface area contributed by atoms with E-state index in [4.69, 9.17) is 0 Å². The lowest BCUT2D eigenvalue weighted by molar-refractivity contribution is 0.413. The number of benzene rings is 1. The highest BCUT2D eigenvalue weighted by Gasteiger charge is 2.23. The molecule has 2 nitrogen and oxygen atoms in total. The summed E-state index contributed by atoms with van der Waals surface area (Å²) in [5.74, 6) is 0.723. The van der Waals surface area contributed by atoms with Crippen LogP contribution < -0.4 is 0 Å². The maximum Gasteiger partial charge on any atom is 0.0935 e. The molecule has 3 rings (SSSR count). The van der Waals surface area contributed by atoms with Gasteiger partial charge >= 0.3 is 0 Å². The molecule has 1 aliphatic carbocycles. The molecule has 0 radical (unpaired) electrons. The van der Waals surface area contributed by atoms with Crippen molar-refractivity contribution in [2.75, 3.05) is 0 Å². The normalized spacial score (nSPS) is 17.2. The van der Waals surface area contributed by atoms with Gasteiger partial charge in [0, 0.05) is 21.5 Å². The van der Waals surface area contributed by atoms with Crippen LogP contribution >= 0.6 is 15.9 Å². The lowest BCUT2D eigenvalue weighted by atomic mass is 9.82. The fourth-order valence-electron chi connectivity index (χ4n) is 2.01. The number of hydrogen-bond acceptors (Lipinski definition) is 1. The third-order valence-corrected chi connectivity index (χ3v) is 3.55. The van der Waals surface area contributed by atoms with Gasteiger partial charge in [-0.2, -0.15) is 5.10 Å². The minimum atomic E-state index is 0.723. The first-order chi connectivity index (χ1) is 6.84. The fraction of sp³-hybridized carbons (Fsp3) is 0.364. The van der Waals surface area contributed by atoms with E-state index in [1.165, 1.54) is 30.3 Å². The lowest BCUT2D eigenvalue weighted by Gasteiger charge is -2.24. The van der Waals surface area contributed by atoms with Gasteiger partial charge in [-0.15, -0.1) is 0 Å². The molecule has 1 N–H and O–H groups in total. The Hall–Kier alpha value is -0.830. The van der Waals surface area contributed by atoms with Gasteiger partial charge in [0.05, 0.1) is 5.52 Å². The Labute approximate surface area is 90.8 Å². The Morgan fingerprint density at radius 2 is 2.21 bits per heavy atom. The van der Waals surface area contributed by atoms with Crippen LogP contribution in [0.2, 0.25) is 0 Å². The van der Waals surface area contributed by atoms with E-state index < -0.39 is 0 Å². The quantitative estimate of drug-likeness (QED) is 0.824. The Morgan fingerprint density at radius 3 is 2.93 bits per heavy atom. The molecule has 0 saturated heterocycles. The second-order valence-corrected chi connectivity index (χ2v) is 4.84. The van der Waals surface area contributed by atoms with Gasteiger partial charge in [-0.3, -0.25) is 5.10 Å². The van der Waals surface area contributed by atoms with Crippen molar-refractivity contribution in [2.45, 2.75) is 25.2 Å². The van der Waals surface area contributed by atoms with Crippen LogP contribution in [0.5, 0.6) is 0 Å². The summed E-state index contributed by atoms with van der Waals surface area (Å²) < 4.78 is 1.09. The van der Waals surface area contributed by atoms with E-state index in [9.17, 15) is 0 Å². The molecule has 1 fully saturated rings. The standard InChI is InChI=1S/C11H11BrN2/c12-8-4-5-9-10(6-8)13-14-11(9)7-2-1-3-7/h4-7H,1-3H2,(H,13,14). The summed E-state index contributed by atoms with van der Waals surface area (Å²) >= 11 is 3.46. The molecular weight excluding hydrogens is 240 g/mol. The Kier molecular flexibility index (Phi) is 1.87. The van der Waals surface area contributed by atoms with E-state index >= 15 is 0 Å². The number of halogens is 1. The average Bonchev–Trinajstić information content (AvgIpc) is 2.45. The van der Waals surface area contributed by atoms with Crippen molar-refractivity contribution >= 4 is 26.8 Å². The number of fused-ring (bicyclic) bond motifs is 1. The molecular formula is C11H11BrN2. The molecule has 0 aliphatic heterocycles. The molecule has 1 heterocycles. The zero-order valence-corrected chi connectivity index (χ0v) is 9.34. The SMILES string of the molecule is Brc1ccc2c(C3CCC3)[nH]nc2c1. The van der Waals surface area contributed by atoms with E-state index in [2.05, 4.69) is 44.3 Å². The Morgan fingerprint density at radius 1 is 1.36 bits per heavy atom. The molecule has 1 saturated carbocycles. The summed E-state index contributed by atoms with van der Waals surface area (Å²) in [6, 6.07) is 6.30. The number of nitrogens with zero attached hydrogens (tertiary/aromatic N) is 1. The van der Waals surface area contributed by atoms with E-state index in [-0.39, 0.29) is 0 Å². The van der Waals surface area contributed by atoms with Crippen LogP contribution in [0, 0.1) is 0 Å². The van der Waals surface area contributed by atoms with Crippen LogP contribution in [-0.4, -0.2) is 10.2 Å². The van der Waals surface area contributed by atoms with E-state index in [0.29, 0.717) is 0 Å². The number of aromatic nitrogens is 2. The van der Waals surface area contributed by atoms with Gasteiger partial charge in [0.1, 0.15) is 0 Å². The van der Waals surface area contributed by atoms with E-state index in [1.54, 1.807) is 0 Å². The third kappa shape index (κ3) is 1.19. The summed E-state index contributed by atoms with van der Waals surface area (Å²) in [6.07, 6.45) is 3.99. The first-order valence-electron chi connectivity index (χ1n) is 4.98. The minimum absolute atomic E-state index is 0.723. The van der Waals surface area contributed by atoms with Crippen LogP contribution in [0.1, 0.15) is 30.9 Å². The van der Waals surface area contributed by atoms with Crippen LogP contribution in [0.25, 0.3) is 10.9 Å². The summed E-state index contributed by atoms with van der Waals surface area (Å²) in [5.41, 5.74) is 2.40. The minimum Gasteiger partial charge on any atom is -0.281 e. The summed E-state index contributed by atoms with van der Waals surface area (Å²) in [5, 5.41) is 8.79. The average molecular weight is 251 g/mol. The van der Waals surface area contributed by atoms with Gasteiger partial charge < -0.3 is 0 Å². The number of rotatable bonds is 1. The monoisotopic (exact) mass is 250 g/mol. The molecule has 0 atom stereocenters. The molecule has 0 bridgehead atoms. The van der Waals surface area contributed by atoms with Crippen LogP contribution in [0.4, 0.5) is 0 Å². The van der Waals surface area contributed by atoms with Crippen molar-refractivity contribution in [2.24, 2.45) is 0 Å². The Balaban J connectivity index is 2.16. The number of aromatic amines is 1. The zero-order chi connectivity index (χ0) is 9.54. The second-order valence-electron chi connectivity index (χ2n) is 3.93. The number of hydrogen-bond donors (Lipinski definition) is 1. The summed E-state index contributed by atoms with van der Waals surface area (Å²) in [7, 11) is 0. The van der Waals surface area contributed by atoms with Gasteiger partial charge in [-0.1, -0.05) is 22.4 Å². The zero-order valence-electron chi connectivity index (χ0n) is 7.76. The largest absolute Gasteiger partial charge is 0.281 e. The maximum atomic E-state index is 4.33. The molecule has 0 unspecified atom stereocenters. The first-order valence-corrected chi connectivity index (χ1v) is 5.77. The number of H-pyrrole nitrogens is 1. The fourth-order valence-corrected chi connectivity index (χ4v) is 2.36. The van der Waals surface area contributed by atoms with Gasteiger partial charge in [0.2, 0.25) is 0 Å². The van der Waals surface area contributed by atoms with Gasteiger partial charge in [0.15, 0.2) is 0 Å². The van der Waals surface area contributed by atoms with Crippen LogP contribution in [0.15, 0.2) is 22.7 Å². The van der Waals surface area contributed by atoms with Gasteiger partial charge in [0.25, 0.3) is 0 Å². The van der Waals surface area contributed by atoms with Crippen molar-refractivity contribution in [3.8, 4) is 0 Å². The van der Waals surface area contributed by atoms with E-state index in [1.807, 2.05) is 0 Å². The molecule has 0 spiro atoms. The highest BCUT2D eigenvalue weighted by Crippen LogP contribution is 2.38. The van der Waals surface area contributed by atoms with Crippen molar-refractivity contribution < 1.29 is 0 Å². The van der Waals surface area contributed by atoms with Gasteiger partial charge in [-0.05, 0) is 31.0 Å². The Bertz CT molecular complexity index is 471. The van der Waals surface area contributed by atoms with Crippen molar-refractivity contribution in [1.82, 2.24) is 10.2 Å². The van der Waals surface area contributed by atoms with Gasteiger partial charge in [-0.25, -0.2) is 0 Å². The molecule has 72 valence electrons. The highest BCUT2D eigenvalue weighted by molar-refractivity contribution is 9.10. The summed E-state index contributed by atoms with van der Waals surface area (Å²) in [4.78, 5) is 0. The predicted octanol–water partition coefficient (Wildman–Crippen LogP) is 3.59. The lowest BCUT2D eigenvalue weighted by Crippen LogP contribution is -2.09. The topological polar surface area (TPSA) is 28.7 Å². The molecule has 1 aromatic carbocycles. The van der Waals surface area contributed by atoms with Crippen molar-refractivity contribution in [3.05, 3.63) is 28.4 Å². The molecule has 2 aromatic rings. The maximum absolute atomic E-state index is 4.33. The molecule has 0 amide bonds. The smallest absolute Gasteiger partial charge is 0.0935 e. The predicted molar refractivity (Wildman–Crippen MR) is 60.4 cm³/mol. The third-order valence-electron chi connectivity index (χ3n) is 3.06. The molecule has 3 heteroatoms. The molecule has 1 aliphatic rings. The molecule has 14 heavy (non-hydrogen) atoms. The van der Waals surface area contributed by atoms with Crippen LogP contribution in [0.3, 0.4) is 0 Å². The molecule has 1 aromatic heterocycles. The highest BCUT2D eigenvalue weighted by atomic mass is 79.9. The van der Waals surface area contributed by atoms with E-state index in [0.717, 1.165) is 15.9 Å². The van der Waals surface area contributed by atoms with Crippen molar-refractivity contribution in [1.29, 1.82) is 0 Å². The van der Waals surface area contributed by atoms with Crippen LogP contribution in [-0.2, 0) is 0 Å². The number of nitrogens with one attached hydrogen (secondary N) is 1.